The molecule has 0 aliphatic carbocycles. The monoisotopic (exact) mass is 469 g/mol. The molecule has 3 aromatic rings. The van der Waals surface area contributed by atoms with E-state index in [-0.39, 0.29) is 16.2 Å². The molecule has 1 aromatic heterocycles. The molecular weight excluding hydrogens is 442 g/mol. The summed E-state index contributed by atoms with van der Waals surface area (Å²) in [6.45, 7) is 4.17. The molecular formula is C25H27NO6S. The first-order valence-corrected chi connectivity index (χ1v) is 12.3. The SMILES string of the molecule is CC(C)c1ccc(CCNC(=O)COC(=O)c2occc2CS(=O)(=O)c2ccccc2)cc1. The molecule has 0 fully saturated rings. The summed E-state index contributed by atoms with van der Waals surface area (Å²) in [5, 5.41) is 2.70. The number of rotatable bonds is 10. The van der Waals surface area contributed by atoms with Gasteiger partial charge in [0.05, 0.1) is 16.9 Å². The summed E-state index contributed by atoms with van der Waals surface area (Å²) in [5.74, 6) is -1.53. The lowest BCUT2D eigenvalue weighted by atomic mass is 10.0. The van der Waals surface area contributed by atoms with Crippen molar-refractivity contribution in [2.75, 3.05) is 13.2 Å². The first kappa shape index (κ1) is 24.3. The third-order valence-electron chi connectivity index (χ3n) is 5.10. The quantitative estimate of drug-likeness (QED) is 0.452. The lowest BCUT2D eigenvalue weighted by Crippen LogP contribution is -2.30. The highest BCUT2D eigenvalue weighted by Gasteiger charge is 2.23. The number of amides is 1. The standard InChI is InChI=1S/C25H27NO6S/c1-18(2)20-10-8-19(9-11-20)12-14-26-23(27)16-32-25(28)24-21(13-15-31-24)17-33(29,30)22-6-4-3-5-7-22/h3-11,13,15,18H,12,14,16-17H2,1-2H3,(H,26,27). The normalized spacial score (nSPS) is 11.4. The summed E-state index contributed by atoms with van der Waals surface area (Å²) in [6.07, 6.45) is 1.87. The van der Waals surface area contributed by atoms with Crippen LogP contribution < -0.4 is 5.32 Å². The molecule has 7 nitrogen and oxygen atoms in total. The van der Waals surface area contributed by atoms with Crippen LogP contribution in [-0.2, 0) is 31.5 Å². The minimum atomic E-state index is -3.66. The van der Waals surface area contributed by atoms with Crippen LogP contribution in [0.25, 0.3) is 0 Å². The van der Waals surface area contributed by atoms with Crippen molar-refractivity contribution in [3.63, 3.8) is 0 Å². The van der Waals surface area contributed by atoms with Crippen LogP contribution in [-0.4, -0.2) is 33.4 Å². The van der Waals surface area contributed by atoms with Crippen molar-refractivity contribution < 1.29 is 27.2 Å². The van der Waals surface area contributed by atoms with Crippen LogP contribution in [0.2, 0.25) is 0 Å². The average Bonchev–Trinajstić information content (AvgIpc) is 3.26. The van der Waals surface area contributed by atoms with Gasteiger partial charge in [0.15, 0.2) is 16.4 Å². The molecule has 0 radical (unpaired) electrons. The molecule has 33 heavy (non-hydrogen) atoms. The Bertz CT molecular complexity index is 1180. The fraction of sp³-hybridized carbons (Fsp3) is 0.280. The van der Waals surface area contributed by atoms with E-state index in [1.54, 1.807) is 18.2 Å². The predicted molar refractivity (Wildman–Crippen MR) is 124 cm³/mol. The molecule has 0 bridgehead atoms. The predicted octanol–water partition coefficient (Wildman–Crippen LogP) is 3.89. The second kappa shape index (κ2) is 11.0. The van der Waals surface area contributed by atoms with Gasteiger partial charge in [0, 0.05) is 12.1 Å². The van der Waals surface area contributed by atoms with E-state index in [1.165, 1.54) is 30.0 Å². The fourth-order valence-corrected chi connectivity index (χ4v) is 4.58. The number of nitrogens with one attached hydrogen (secondary N) is 1. The van der Waals surface area contributed by atoms with Gasteiger partial charge in [-0.25, -0.2) is 13.2 Å². The summed E-state index contributed by atoms with van der Waals surface area (Å²) in [6, 6.07) is 17.5. The third kappa shape index (κ3) is 6.79. The van der Waals surface area contributed by atoms with E-state index in [2.05, 4.69) is 31.3 Å². The summed E-state index contributed by atoms with van der Waals surface area (Å²) >= 11 is 0. The second-order valence-corrected chi connectivity index (χ2v) is 9.91. The molecule has 8 heteroatoms. The van der Waals surface area contributed by atoms with Gasteiger partial charge in [0.25, 0.3) is 5.91 Å². The van der Waals surface area contributed by atoms with Gasteiger partial charge in [0.2, 0.25) is 5.76 Å². The molecule has 0 unspecified atom stereocenters. The van der Waals surface area contributed by atoms with Crippen molar-refractivity contribution >= 4 is 21.7 Å². The number of hydrogen-bond donors (Lipinski definition) is 1. The highest BCUT2D eigenvalue weighted by molar-refractivity contribution is 7.90. The lowest BCUT2D eigenvalue weighted by molar-refractivity contribution is -0.124. The Morgan fingerprint density at radius 1 is 1.00 bits per heavy atom. The fourth-order valence-electron chi connectivity index (χ4n) is 3.21. The molecule has 1 amide bonds. The van der Waals surface area contributed by atoms with Crippen LogP contribution in [0.1, 0.15) is 47.0 Å². The Balaban J connectivity index is 1.48. The van der Waals surface area contributed by atoms with Crippen molar-refractivity contribution in [1.29, 1.82) is 0 Å². The van der Waals surface area contributed by atoms with Crippen molar-refractivity contribution in [2.24, 2.45) is 0 Å². The van der Waals surface area contributed by atoms with Gasteiger partial charge in [-0.2, -0.15) is 0 Å². The number of ether oxygens (including phenoxy) is 1. The molecule has 0 saturated heterocycles. The van der Waals surface area contributed by atoms with E-state index in [0.29, 0.717) is 18.9 Å². The number of esters is 1. The molecule has 0 saturated carbocycles. The number of benzene rings is 2. The molecule has 174 valence electrons. The first-order valence-electron chi connectivity index (χ1n) is 10.6. The number of furan rings is 1. The maximum atomic E-state index is 12.6. The summed E-state index contributed by atoms with van der Waals surface area (Å²) in [7, 11) is -3.66. The summed E-state index contributed by atoms with van der Waals surface area (Å²) < 4.78 is 35.3. The number of carbonyl (C=O) groups is 2. The molecule has 0 aliphatic heterocycles. The smallest absolute Gasteiger partial charge is 0.375 e. The maximum absolute atomic E-state index is 12.6. The third-order valence-corrected chi connectivity index (χ3v) is 6.78. The van der Waals surface area contributed by atoms with E-state index in [9.17, 15) is 18.0 Å². The Hall–Kier alpha value is -3.39. The summed E-state index contributed by atoms with van der Waals surface area (Å²) in [5.41, 5.74) is 2.52. The highest BCUT2D eigenvalue weighted by atomic mass is 32.2. The van der Waals surface area contributed by atoms with Gasteiger partial charge in [-0.15, -0.1) is 0 Å². The van der Waals surface area contributed by atoms with Crippen molar-refractivity contribution in [1.82, 2.24) is 5.32 Å². The van der Waals surface area contributed by atoms with Crippen LogP contribution in [0.3, 0.4) is 0 Å². The number of carbonyl (C=O) groups excluding carboxylic acids is 2. The van der Waals surface area contributed by atoms with Crippen LogP contribution in [0.4, 0.5) is 0 Å². The largest absolute Gasteiger partial charge is 0.457 e. The zero-order valence-corrected chi connectivity index (χ0v) is 19.4. The van der Waals surface area contributed by atoms with E-state index >= 15 is 0 Å². The topological polar surface area (TPSA) is 103 Å². The van der Waals surface area contributed by atoms with E-state index in [4.69, 9.17) is 9.15 Å². The Labute approximate surface area is 193 Å². The maximum Gasteiger partial charge on any atom is 0.375 e. The second-order valence-electron chi connectivity index (χ2n) is 7.92. The Kier molecular flexibility index (Phi) is 8.06. The first-order chi connectivity index (χ1) is 15.8. The van der Waals surface area contributed by atoms with Crippen molar-refractivity contribution in [3.8, 4) is 0 Å². The van der Waals surface area contributed by atoms with E-state index in [1.807, 2.05) is 12.1 Å². The summed E-state index contributed by atoms with van der Waals surface area (Å²) in [4.78, 5) is 24.5. The molecule has 1 heterocycles. The van der Waals surface area contributed by atoms with E-state index in [0.717, 1.165) is 5.56 Å². The number of hydrogen-bond acceptors (Lipinski definition) is 6. The number of sulfone groups is 1. The van der Waals surface area contributed by atoms with Crippen molar-refractivity contribution in [2.45, 2.75) is 36.8 Å². The molecule has 0 aliphatic rings. The lowest BCUT2D eigenvalue weighted by Gasteiger charge is -2.09. The van der Waals surface area contributed by atoms with Gasteiger partial charge in [-0.05, 0) is 41.7 Å². The average molecular weight is 470 g/mol. The molecule has 1 N–H and O–H groups in total. The Morgan fingerprint density at radius 3 is 2.36 bits per heavy atom. The van der Waals surface area contributed by atoms with E-state index < -0.39 is 34.1 Å². The Morgan fingerprint density at radius 2 is 1.70 bits per heavy atom. The zero-order chi connectivity index (χ0) is 23.8. The molecule has 0 spiro atoms. The molecule has 3 rings (SSSR count). The van der Waals surface area contributed by atoms with Gasteiger partial charge < -0.3 is 14.5 Å². The van der Waals surface area contributed by atoms with Gasteiger partial charge in [-0.3, -0.25) is 4.79 Å². The minimum absolute atomic E-state index is 0.142. The van der Waals surface area contributed by atoms with Crippen LogP contribution in [0, 0.1) is 0 Å². The van der Waals surface area contributed by atoms with Gasteiger partial charge >= 0.3 is 5.97 Å². The van der Waals surface area contributed by atoms with Crippen LogP contribution >= 0.6 is 0 Å². The van der Waals surface area contributed by atoms with Crippen LogP contribution in [0.5, 0.6) is 0 Å². The zero-order valence-electron chi connectivity index (χ0n) is 18.6. The molecule has 0 atom stereocenters. The highest BCUT2D eigenvalue weighted by Crippen LogP contribution is 2.20. The van der Waals surface area contributed by atoms with Gasteiger partial charge in [-0.1, -0.05) is 56.3 Å². The molecule has 2 aromatic carbocycles. The van der Waals surface area contributed by atoms with Gasteiger partial charge in [0.1, 0.15) is 0 Å². The van der Waals surface area contributed by atoms with Crippen LogP contribution in [0.15, 0.2) is 76.2 Å². The van der Waals surface area contributed by atoms with Crippen molar-refractivity contribution in [3.05, 3.63) is 89.4 Å². The minimum Gasteiger partial charge on any atom is -0.457 e.